The number of carboxylic acids is 1. The van der Waals surface area contributed by atoms with E-state index in [0.717, 1.165) is 25.7 Å². The van der Waals surface area contributed by atoms with Crippen LogP contribution >= 0.6 is 0 Å². The fourth-order valence-electron chi connectivity index (χ4n) is 4.96. The lowest BCUT2D eigenvalue weighted by Crippen LogP contribution is -2.63. The minimum Gasteiger partial charge on any atom is -0.508 e. The number of carbonyl (C=O) groups is 1. The lowest BCUT2D eigenvalue weighted by Gasteiger charge is -2.62. The average Bonchev–Trinajstić information content (AvgIpc) is 2.65. The lowest BCUT2D eigenvalue weighted by atomic mass is 9.45. The Labute approximate surface area is 173 Å². The number of hydrogen-bond acceptors (Lipinski definition) is 4. The molecule has 1 aromatic rings. The maximum atomic E-state index is 12.9. The molecular weight excluding hydrogens is 390 g/mol. The summed E-state index contributed by atoms with van der Waals surface area (Å²) in [7, 11) is -3.67. The molecule has 4 unspecified atom stereocenters. The summed E-state index contributed by atoms with van der Waals surface area (Å²) < 4.78 is 28.9. The van der Waals surface area contributed by atoms with E-state index in [4.69, 9.17) is 5.11 Å². The number of hydrogen-bond donors (Lipinski definition) is 3. The van der Waals surface area contributed by atoms with Gasteiger partial charge in [-0.1, -0.05) is 26.0 Å². The Kier molecular flexibility index (Phi) is 6.39. The van der Waals surface area contributed by atoms with Gasteiger partial charge in [0.2, 0.25) is 10.0 Å². The van der Waals surface area contributed by atoms with Gasteiger partial charge < -0.3 is 10.2 Å². The fraction of sp³-hybridized carbons (Fsp3) is 0.591. The Balaban J connectivity index is 1.69. The number of aromatic hydroxyl groups is 1. The number of fused-ring (bicyclic) bond motifs is 2. The molecule has 7 heteroatoms. The number of aliphatic carboxylic acids is 1. The zero-order valence-electron chi connectivity index (χ0n) is 17.0. The number of nitrogens with one attached hydrogen (secondary N) is 1. The highest BCUT2D eigenvalue weighted by Gasteiger charge is 2.58. The standard InChI is InChI=1S/C22H31NO5S/c1-22(2)16-13-15(7-5-3-4-6-8-20(25)26)21(19(22)14-16)23-29(27,28)18-11-9-17(24)10-12-18/h3,5,9-12,15-16,19,21,23-24H,4,6-8,13-14H2,1-2H3,(H,25,26)/b5-3+. The van der Waals surface area contributed by atoms with Gasteiger partial charge in [-0.15, -0.1) is 0 Å². The van der Waals surface area contributed by atoms with Gasteiger partial charge in [-0.2, -0.15) is 0 Å². The van der Waals surface area contributed by atoms with Crippen molar-refractivity contribution in [2.45, 2.75) is 63.3 Å². The van der Waals surface area contributed by atoms with E-state index in [1.54, 1.807) is 0 Å². The minimum absolute atomic E-state index is 0.0375. The first-order valence-electron chi connectivity index (χ1n) is 10.3. The van der Waals surface area contributed by atoms with Gasteiger partial charge in [-0.3, -0.25) is 4.79 Å². The quantitative estimate of drug-likeness (QED) is 0.414. The molecule has 3 aliphatic rings. The number of unbranched alkanes of at least 4 members (excludes halogenated alkanes) is 1. The summed E-state index contributed by atoms with van der Waals surface area (Å²) in [6, 6.07) is 5.49. The van der Waals surface area contributed by atoms with Crippen molar-refractivity contribution in [1.82, 2.24) is 4.72 Å². The van der Waals surface area contributed by atoms with Gasteiger partial charge in [0.05, 0.1) is 4.90 Å². The third-order valence-corrected chi connectivity index (χ3v) is 8.36. The number of allylic oxidation sites excluding steroid dienone is 2. The highest BCUT2D eigenvalue weighted by molar-refractivity contribution is 7.89. The number of sulfonamides is 1. The van der Waals surface area contributed by atoms with Gasteiger partial charge >= 0.3 is 5.97 Å². The van der Waals surface area contributed by atoms with Gasteiger partial charge in [-0.05, 0) is 79.5 Å². The molecule has 0 radical (unpaired) electrons. The van der Waals surface area contributed by atoms with Crippen molar-refractivity contribution in [3.8, 4) is 5.75 Å². The topological polar surface area (TPSA) is 104 Å². The van der Waals surface area contributed by atoms with Crippen LogP contribution in [0.1, 0.15) is 52.4 Å². The Bertz CT molecular complexity index is 860. The van der Waals surface area contributed by atoms with Crippen molar-refractivity contribution in [2.24, 2.45) is 23.2 Å². The summed E-state index contributed by atoms with van der Waals surface area (Å²) in [5, 5.41) is 18.1. The van der Waals surface area contributed by atoms with E-state index < -0.39 is 16.0 Å². The van der Waals surface area contributed by atoms with Crippen LogP contribution < -0.4 is 4.72 Å². The van der Waals surface area contributed by atoms with Crippen LogP contribution in [0.5, 0.6) is 5.75 Å². The monoisotopic (exact) mass is 421 g/mol. The van der Waals surface area contributed by atoms with Crippen LogP contribution in [-0.2, 0) is 14.8 Å². The molecule has 2 bridgehead atoms. The van der Waals surface area contributed by atoms with Crippen molar-refractivity contribution in [3.63, 3.8) is 0 Å². The van der Waals surface area contributed by atoms with E-state index in [2.05, 4.69) is 24.6 Å². The molecule has 0 saturated heterocycles. The third kappa shape index (κ3) is 4.83. The molecule has 3 fully saturated rings. The molecule has 6 nitrogen and oxygen atoms in total. The Morgan fingerprint density at radius 1 is 1.21 bits per heavy atom. The third-order valence-electron chi connectivity index (χ3n) is 6.88. The zero-order valence-corrected chi connectivity index (χ0v) is 17.9. The molecule has 0 aromatic heterocycles. The van der Waals surface area contributed by atoms with Crippen LogP contribution in [0.2, 0.25) is 0 Å². The highest BCUT2D eigenvalue weighted by atomic mass is 32.2. The van der Waals surface area contributed by atoms with Crippen LogP contribution in [-0.4, -0.2) is 30.6 Å². The summed E-state index contributed by atoms with van der Waals surface area (Å²) >= 11 is 0. The van der Waals surface area contributed by atoms with Crippen LogP contribution in [0.3, 0.4) is 0 Å². The summed E-state index contributed by atoms with van der Waals surface area (Å²) in [6.07, 6.45) is 8.43. The summed E-state index contributed by atoms with van der Waals surface area (Å²) in [5.74, 6) is 0.410. The lowest BCUT2D eigenvalue weighted by molar-refractivity contribution is -0.137. The van der Waals surface area contributed by atoms with Crippen molar-refractivity contribution in [2.75, 3.05) is 0 Å². The Hall–Kier alpha value is -1.86. The predicted octanol–water partition coefficient (Wildman–Crippen LogP) is 3.92. The normalized spacial score (nSPS) is 28.2. The largest absolute Gasteiger partial charge is 0.508 e. The second-order valence-electron chi connectivity index (χ2n) is 8.99. The van der Waals surface area contributed by atoms with E-state index >= 15 is 0 Å². The number of phenolic OH excluding ortho intramolecular Hbond substituents is 1. The van der Waals surface area contributed by atoms with Gasteiger partial charge in [0.1, 0.15) is 5.75 Å². The maximum absolute atomic E-state index is 12.9. The first-order valence-corrected chi connectivity index (χ1v) is 11.8. The number of phenols is 1. The van der Waals surface area contributed by atoms with Crippen LogP contribution in [0.15, 0.2) is 41.3 Å². The van der Waals surface area contributed by atoms with E-state index in [9.17, 15) is 18.3 Å². The molecule has 160 valence electrons. The Morgan fingerprint density at radius 2 is 1.90 bits per heavy atom. The van der Waals surface area contributed by atoms with Crippen molar-refractivity contribution >= 4 is 16.0 Å². The molecule has 0 amide bonds. The zero-order chi connectivity index (χ0) is 21.2. The molecule has 0 heterocycles. The molecule has 3 N–H and O–H groups in total. The fourth-order valence-corrected chi connectivity index (χ4v) is 6.31. The van der Waals surface area contributed by atoms with E-state index in [-0.39, 0.29) is 34.4 Å². The number of carboxylic acid groups (broad SMARTS) is 1. The second kappa shape index (κ2) is 8.48. The molecule has 0 aliphatic heterocycles. The van der Waals surface area contributed by atoms with Crippen molar-refractivity contribution < 1.29 is 23.4 Å². The SMILES string of the molecule is CC1(C)C2CC(C/C=C/CCCC(=O)O)C(NS(=O)(=O)c3ccc(O)cc3)C1C2. The van der Waals surface area contributed by atoms with Crippen LogP contribution in [0, 0.1) is 23.2 Å². The molecule has 3 saturated carbocycles. The van der Waals surface area contributed by atoms with Gasteiger partial charge in [0.25, 0.3) is 0 Å². The van der Waals surface area contributed by atoms with E-state index in [0.29, 0.717) is 18.3 Å². The van der Waals surface area contributed by atoms with E-state index in [1.165, 1.54) is 24.3 Å². The number of rotatable bonds is 9. The van der Waals surface area contributed by atoms with Crippen LogP contribution in [0.25, 0.3) is 0 Å². The first-order chi connectivity index (χ1) is 13.6. The molecule has 1 aromatic carbocycles. The molecular formula is C22H31NO5S. The van der Waals surface area contributed by atoms with E-state index in [1.807, 2.05) is 6.08 Å². The van der Waals surface area contributed by atoms with Gasteiger partial charge in [0, 0.05) is 12.5 Å². The molecule has 4 rings (SSSR count). The summed E-state index contributed by atoms with van der Waals surface area (Å²) in [5.41, 5.74) is 0.129. The van der Waals surface area contributed by atoms with Crippen molar-refractivity contribution in [3.05, 3.63) is 36.4 Å². The minimum atomic E-state index is -3.67. The van der Waals surface area contributed by atoms with Gasteiger partial charge in [0.15, 0.2) is 0 Å². The maximum Gasteiger partial charge on any atom is 0.303 e. The second-order valence-corrected chi connectivity index (χ2v) is 10.7. The van der Waals surface area contributed by atoms with Gasteiger partial charge in [-0.25, -0.2) is 13.1 Å². The average molecular weight is 422 g/mol. The summed E-state index contributed by atoms with van der Waals surface area (Å²) in [4.78, 5) is 10.8. The molecule has 3 aliphatic carbocycles. The molecule has 4 atom stereocenters. The highest BCUT2D eigenvalue weighted by Crippen LogP contribution is 2.61. The van der Waals surface area contributed by atoms with Crippen molar-refractivity contribution in [1.29, 1.82) is 0 Å². The smallest absolute Gasteiger partial charge is 0.303 e. The summed E-state index contributed by atoms with van der Waals surface area (Å²) in [6.45, 7) is 4.46. The predicted molar refractivity (Wildman–Crippen MR) is 111 cm³/mol. The first kappa shape index (κ1) is 21.8. The number of benzene rings is 1. The molecule has 29 heavy (non-hydrogen) atoms. The molecule has 0 spiro atoms. The Morgan fingerprint density at radius 3 is 2.52 bits per heavy atom. The van der Waals surface area contributed by atoms with Crippen LogP contribution in [0.4, 0.5) is 0 Å².